The lowest BCUT2D eigenvalue weighted by Gasteiger charge is -2.34. The maximum atomic E-state index is 11.3. The molecule has 0 aromatic rings. The number of methoxy groups -OCH3 is 1. The summed E-state index contributed by atoms with van der Waals surface area (Å²) in [5.74, 6) is -0.767. The number of aliphatic carboxylic acids is 1. The zero-order chi connectivity index (χ0) is 13.6. The van der Waals surface area contributed by atoms with Gasteiger partial charge in [0.1, 0.15) is 5.54 Å². The number of likely N-dealkylation sites (tertiary alicyclic amines) is 1. The molecule has 0 saturated carbocycles. The van der Waals surface area contributed by atoms with Crippen molar-refractivity contribution in [1.29, 1.82) is 0 Å². The molecule has 0 radical (unpaired) electrons. The van der Waals surface area contributed by atoms with Gasteiger partial charge in [0, 0.05) is 26.7 Å². The van der Waals surface area contributed by atoms with Gasteiger partial charge in [-0.05, 0) is 32.7 Å². The van der Waals surface area contributed by atoms with Crippen LogP contribution >= 0.6 is 0 Å². The second kappa shape index (κ2) is 7.07. The number of rotatable bonds is 7. The molecule has 1 heterocycles. The highest BCUT2D eigenvalue weighted by Gasteiger charge is 2.32. The summed E-state index contributed by atoms with van der Waals surface area (Å²) in [5, 5.41) is 12.3. The molecule has 0 bridgehead atoms. The van der Waals surface area contributed by atoms with Crippen molar-refractivity contribution in [2.24, 2.45) is 0 Å². The Morgan fingerprint density at radius 2 is 2.11 bits per heavy atom. The van der Waals surface area contributed by atoms with E-state index >= 15 is 0 Å². The molecule has 18 heavy (non-hydrogen) atoms. The molecule has 0 aromatic carbocycles. The second-order valence-corrected chi connectivity index (χ2v) is 5.19. The molecule has 1 atom stereocenters. The van der Waals surface area contributed by atoms with Gasteiger partial charge in [0.25, 0.3) is 0 Å². The summed E-state index contributed by atoms with van der Waals surface area (Å²) in [6.45, 7) is 7.20. The molecule has 0 spiro atoms. The Balaban J connectivity index is 2.37. The minimum Gasteiger partial charge on any atom is -0.480 e. The second-order valence-electron chi connectivity index (χ2n) is 5.19. The Kier molecular flexibility index (Phi) is 6.05. The van der Waals surface area contributed by atoms with Gasteiger partial charge in [-0.25, -0.2) is 0 Å². The van der Waals surface area contributed by atoms with Gasteiger partial charge in [-0.1, -0.05) is 6.92 Å². The van der Waals surface area contributed by atoms with E-state index in [-0.39, 0.29) is 0 Å². The number of carbonyl (C=O) groups is 1. The van der Waals surface area contributed by atoms with E-state index in [9.17, 15) is 9.90 Å². The number of nitrogens with zero attached hydrogens (tertiary/aromatic N) is 1. The number of carboxylic acids is 1. The summed E-state index contributed by atoms with van der Waals surface area (Å²) >= 11 is 0. The molecule has 0 aromatic heterocycles. The average molecular weight is 258 g/mol. The lowest BCUT2D eigenvalue weighted by atomic mass is 9.96. The Morgan fingerprint density at radius 3 is 2.56 bits per heavy atom. The van der Waals surface area contributed by atoms with Crippen molar-refractivity contribution in [2.45, 2.75) is 44.8 Å². The fraction of sp³-hybridized carbons (Fsp3) is 0.923. The zero-order valence-corrected chi connectivity index (χ0v) is 11.7. The van der Waals surface area contributed by atoms with Gasteiger partial charge in [-0.15, -0.1) is 0 Å². The van der Waals surface area contributed by atoms with Gasteiger partial charge < -0.3 is 20.1 Å². The Hall–Kier alpha value is -0.650. The summed E-state index contributed by atoms with van der Waals surface area (Å²) in [6.07, 6.45) is 3.09. The molecule has 1 aliphatic heterocycles. The summed E-state index contributed by atoms with van der Waals surface area (Å²) in [7, 11) is 1.76. The van der Waals surface area contributed by atoms with Crippen molar-refractivity contribution in [3.05, 3.63) is 0 Å². The molecule has 0 amide bonds. The molecule has 1 saturated heterocycles. The van der Waals surface area contributed by atoms with E-state index in [0.29, 0.717) is 19.1 Å². The third-order valence-electron chi connectivity index (χ3n) is 3.83. The fourth-order valence-corrected chi connectivity index (χ4v) is 2.41. The monoisotopic (exact) mass is 258 g/mol. The van der Waals surface area contributed by atoms with Crippen LogP contribution in [-0.2, 0) is 9.53 Å². The van der Waals surface area contributed by atoms with E-state index in [4.69, 9.17) is 4.74 Å². The predicted molar refractivity (Wildman–Crippen MR) is 70.8 cm³/mol. The van der Waals surface area contributed by atoms with Gasteiger partial charge in [0.15, 0.2) is 0 Å². The van der Waals surface area contributed by atoms with Crippen LogP contribution in [0, 0.1) is 0 Å². The van der Waals surface area contributed by atoms with Gasteiger partial charge in [-0.2, -0.15) is 0 Å². The minimum atomic E-state index is -0.813. The van der Waals surface area contributed by atoms with E-state index in [0.717, 1.165) is 32.5 Å². The number of hydrogen-bond donors (Lipinski definition) is 2. The smallest absolute Gasteiger partial charge is 0.323 e. The summed E-state index contributed by atoms with van der Waals surface area (Å²) in [5.41, 5.74) is -0.813. The molecule has 1 aliphatic rings. The molecule has 2 N–H and O–H groups in total. The predicted octanol–water partition coefficient (Wildman–Crippen LogP) is 0.940. The largest absolute Gasteiger partial charge is 0.480 e. The number of likely N-dealkylation sites (N-methyl/N-ethyl adjacent to an activating group) is 1. The first kappa shape index (κ1) is 15.4. The van der Waals surface area contributed by atoms with Gasteiger partial charge in [-0.3, -0.25) is 4.79 Å². The number of carboxylic acid groups (broad SMARTS) is 1. The highest BCUT2D eigenvalue weighted by atomic mass is 16.5. The number of hydrogen-bond acceptors (Lipinski definition) is 4. The Labute approximate surface area is 109 Å². The molecule has 0 aliphatic carbocycles. The van der Waals surface area contributed by atoms with Crippen molar-refractivity contribution in [3.63, 3.8) is 0 Å². The molecule has 106 valence electrons. The van der Waals surface area contributed by atoms with Gasteiger partial charge >= 0.3 is 5.97 Å². The van der Waals surface area contributed by atoms with Crippen LogP contribution in [0.25, 0.3) is 0 Å². The van der Waals surface area contributed by atoms with Crippen LogP contribution in [0.1, 0.15) is 33.1 Å². The molecule has 1 unspecified atom stereocenters. The molecular formula is C13H26N2O3. The maximum absolute atomic E-state index is 11.3. The Morgan fingerprint density at radius 1 is 1.50 bits per heavy atom. The molecule has 1 fully saturated rings. The maximum Gasteiger partial charge on any atom is 0.323 e. The highest BCUT2D eigenvalue weighted by molar-refractivity contribution is 5.78. The van der Waals surface area contributed by atoms with Crippen LogP contribution < -0.4 is 5.32 Å². The van der Waals surface area contributed by atoms with Crippen LogP contribution in [0.5, 0.6) is 0 Å². The quantitative estimate of drug-likeness (QED) is 0.711. The van der Waals surface area contributed by atoms with Gasteiger partial charge in [0.05, 0.1) is 6.10 Å². The molecular weight excluding hydrogens is 232 g/mol. The standard InChI is InChI=1S/C13H26N2O3/c1-4-14-13(2,12(16)17)7-10-15-8-5-11(18-3)6-9-15/h11,14H,4-10H2,1-3H3,(H,16,17). The van der Waals surface area contributed by atoms with Crippen LogP contribution in [-0.4, -0.2) is 60.9 Å². The van der Waals surface area contributed by atoms with E-state index in [1.807, 2.05) is 6.92 Å². The first-order valence-corrected chi connectivity index (χ1v) is 6.75. The van der Waals surface area contributed by atoms with E-state index in [1.165, 1.54) is 0 Å². The van der Waals surface area contributed by atoms with Crippen molar-refractivity contribution < 1.29 is 14.6 Å². The Bertz CT molecular complexity index is 265. The van der Waals surface area contributed by atoms with E-state index < -0.39 is 11.5 Å². The first-order valence-electron chi connectivity index (χ1n) is 6.75. The lowest BCUT2D eigenvalue weighted by Crippen LogP contribution is -2.52. The van der Waals surface area contributed by atoms with Crippen LogP contribution in [0.3, 0.4) is 0 Å². The van der Waals surface area contributed by atoms with Crippen LogP contribution in [0.2, 0.25) is 0 Å². The van der Waals surface area contributed by atoms with Crippen molar-refractivity contribution >= 4 is 5.97 Å². The SMILES string of the molecule is CCNC(C)(CCN1CCC(OC)CC1)C(=O)O. The zero-order valence-electron chi connectivity index (χ0n) is 11.7. The summed E-state index contributed by atoms with van der Waals surface area (Å²) in [4.78, 5) is 13.6. The summed E-state index contributed by atoms with van der Waals surface area (Å²) in [6, 6.07) is 0. The number of nitrogens with one attached hydrogen (secondary N) is 1. The number of piperidine rings is 1. The van der Waals surface area contributed by atoms with Crippen LogP contribution in [0.4, 0.5) is 0 Å². The van der Waals surface area contributed by atoms with Crippen LogP contribution in [0.15, 0.2) is 0 Å². The normalized spacial score (nSPS) is 21.7. The third kappa shape index (κ3) is 4.23. The van der Waals surface area contributed by atoms with Gasteiger partial charge in [0.2, 0.25) is 0 Å². The molecule has 5 heteroatoms. The fourth-order valence-electron chi connectivity index (χ4n) is 2.41. The van der Waals surface area contributed by atoms with E-state index in [2.05, 4.69) is 10.2 Å². The average Bonchev–Trinajstić information content (AvgIpc) is 2.37. The molecule has 5 nitrogen and oxygen atoms in total. The van der Waals surface area contributed by atoms with Crippen molar-refractivity contribution in [1.82, 2.24) is 10.2 Å². The topological polar surface area (TPSA) is 61.8 Å². The van der Waals surface area contributed by atoms with E-state index in [1.54, 1.807) is 14.0 Å². The highest BCUT2D eigenvalue weighted by Crippen LogP contribution is 2.16. The number of ether oxygens (including phenoxy) is 1. The lowest BCUT2D eigenvalue weighted by molar-refractivity contribution is -0.144. The van der Waals surface area contributed by atoms with Crippen molar-refractivity contribution in [2.75, 3.05) is 33.3 Å². The minimum absolute atomic E-state index is 0.376. The molecule has 1 rings (SSSR count). The first-order chi connectivity index (χ1) is 8.51. The third-order valence-corrected chi connectivity index (χ3v) is 3.83. The van der Waals surface area contributed by atoms with Crippen molar-refractivity contribution in [3.8, 4) is 0 Å². The summed E-state index contributed by atoms with van der Waals surface area (Å²) < 4.78 is 5.33.